The van der Waals surface area contributed by atoms with Crippen LogP contribution >= 0.6 is 0 Å². The maximum atomic E-state index is 12.8. The number of nitrogens with zero attached hydrogens (tertiary/aromatic N) is 1. The average molecular weight is 290 g/mol. The van der Waals surface area contributed by atoms with Crippen molar-refractivity contribution in [3.05, 3.63) is 54.6 Å². The van der Waals surface area contributed by atoms with Crippen LogP contribution in [0.5, 0.6) is 0 Å². The van der Waals surface area contributed by atoms with Crippen LogP contribution in [0.15, 0.2) is 59.5 Å². The summed E-state index contributed by atoms with van der Waals surface area (Å²) < 4.78 is 27.1. The van der Waals surface area contributed by atoms with Crippen molar-refractivity contribution in [3.63, 3.8) is 0 Å². The van der Waals surface area contributed by atoms with E-state index in [1.165, 1.54) is 4.31 Å². The summed E-state index contributed by atoms with van der Waals surface area (Å²) in [4.78, 5) is 0.285. The third-order valence-electron chi connectivity index (χ3n) is 3.06. The molecule has 1 N–H and O–H groups in total. The molecular formula is C15H18N2O2S. The van der Waals surface area contributed by atoms with Crippen LogP contribution in [0.2, 0.25) is 0 Å². The first kappa shape index (κ1) is 14.4. The first-order chi connectivity index (χ1) is 9.61. The van der Waals surface area contributed by atoms with E-state index in [0.29, 0.717) is 17.9 Å². The van der Waals surface area contributed by atoms with Crippen LogP contribution in [0.1, 0.15) is 6.92 Å². The number of para-hydroxylation sites is 2. The lowest BCUT2D eigenvalue weighted by molar-refractivity contribution is 0.592. The zero-order valence-corrected chi connectivity index (χ0v) is 12.4. The van der Waals surface area contributed by atoms with Crippen molar-refractivity contribution in [2.45, 2.75) is 11.8 Å². The van der Waals surface area contributed by atoms with Crippen LogP contribution in [-0.4, -0.2) is 22.0 Å². The van der Waals surface area contributed by atoms with Crippen LogP contribution in [0.3, 0.4) is 0 Å². The summed E-state index contributed by atoms with van der Waals surface area (Å²) in [5.74, 6) is 0. The molecule has 2 rings (SSSR count). The molecule has 2 aromatic rings. The van der Waals surface area contributed by atoms with Crippen molar-refractivity contribution in [1.29, 1.82) is 0 Å². The Kier molecular flexibility index (Phi) is 4.29. The molecule has 0 heterocycles. The van der Waals surface area contributed by atoms with Crippen molar-refractivity contribution < 1.29 is 8.42 Å². The van der Waals surface area contributed by atoms with E-state index in [-0.39, 0.29) is 4.90 Å². The zero-order valence-electron chi connectivity index (χ0n) is 11.6. The van der Waals surface area contributed by atoms with Crippen LogP contribution in [0, 0.1) is 0 Å². The van der Waals surface area contributed by atoms with Crippen molar-refractivity contribution in [2.24, 2.45) is 0 Å². The molecule has 0 saturated carbocycles. The molecule has 5 heteroatoms. The van der Waals surface area contributed by atoms with Gasteiger partial charge in [0.15, 0.2) is 0 Å². The fraction of sp³-hybridized carbons (Fsp3) is 0.200. The molecule has 0 saturated heterocycles. The van der Waals surface area contributed by atoms with Crippen LogP contribution in [0.25, 0.3) is 0 Å². The van der Waals surface area contributed by atoms with Gasteiger partial charge >= 0.3 is 0 Å². The molecule has 0 aromatic heterocycles. The van der Waals surface area contributed by atoms with Gasteiger partial charge in [0.05, 0.1) is 11.4 Å². The molecule has 0 amide bonds. The quantitative estimate of drug-likeness (QED) is 0.921. The number of anilines is 2. The lowest BCUT2D eigenvalue weighted by atomic mass is 10.3. The monoisotopic (exact) mass is 290 g/mol. The Labute approximate surface area is 120 Å². The average Bonchev–Trinajstić information content (AvgIpc) is 2.48. The predicted molar refractivity (Wildman–Crippen MR) is 82.6 cm³/mol. The molecule has 0 aliphatic carbocycles. The van der Waals surface area contributed by atoms with Gasteiger partial charge in [-0.05, 0) is 31.2 Å². The van der Waals surface area contributed by atoms with E-state index in [0.717, 1.165) is 0 Å². The molecule has 0 aliphatic rings. The third-order valence-corrected chi connectivity index (χ3v) is 5.02. The van der Waals surface area contributed by atoms with E-state index in [9.17, 15) is 8.42 Å². The number of rotatable bonds is 5. The Morgan fingerprint density at radius 1 is 1.00 bits per heavy atom. The minimum absolute atomic E-state index is 0.285. The maximum absolute atomic E-state index is 12.8. The maximum Gasteiger partial charge on any atom is 0.266 e. The Morgan fingerprint density at radius 2 is 1.60 bits per heavy atom. The van der Waals surface area contributed by atoms with Gasteiger partial charge in [-0.15, -0.1) is 0 Å². The highest BCUT2D eigenvalue weighted by Gasteiger charge is 2.25. The fourth-order valence-corrected chi connectivity index (χ4v) is 3.78. The van der Waals surface area contributed by atoms with Crippen molar-refractivity contribution in [3.8, 4) is 0 Å². The second-order valence-electron chi connectivity index (χ2n) is 4.25. The summed E-state index contributed by atoms with van der Waals surface area (Å²) in [6.45, 7) is 2.21. The van der Waals surface area contributed by atoms with E-state index in [4.69, 9.17) is 0 Å². The number of hydrogen-bond acceptors (Lipinski definition) is 3. The fourth-order valence-electron chi connectivity index (χ4n) is 2.10. The van der Waals surface area contributed by atoms with Gasteiger partial charge in [-0.1, -0.05) is 30.3 Å². The lowest BCUT2D eigenvalue weighted by Gasteiger charge is -2.24. The number of benzene rings is 2. The molecule has 0 unspecified atom stereocenters. The molecule has 0 atom stereocenters. The van der Waals surface area contributed by atoms with Gasteiger partial charge in [0.1, 0.15) is 4.90 Å². The van der Waals surface area contributed by atoms with E-state index in [1.807, 2.05) is 31.2 Å². The molecule has 4 nitrogen and oxygen atoms in total. The topological polar surface area (TPSA) is 49.4 Å². The van der Waals surface area contributed by atoms with Gasteiger partial charge in [0, 0.05) is 13.6 Å². The summed E-state index contributed by atoms with van der Waals surface area (Å²) in [5.41, 5.74) is 1.27. The minimum atomic E-state index is -3.58. The van der Waals surface area contributed by atoms with E-state index < -0.39 is 10.0 Å². The first-order valence-electron chi connectivity index (χ1n) is 6.46. The van der Waals surface area contributed by atoms with Gasteiger partial charge in [0.25, 0.3) is 10.0 Å². The molecule has 106 valence electrons. The molecule has 0 spiro atoms. The molecular weight excluding hydrogens is 272 g/mol. The summed E-state index contributed by atoms with van der Waals surface area (Å²) in [5, 5.41) is 2.93. The second kappa shape index (κ2) is 5.96. The molecule has 20 heavy (non-hydrogen) atoms. The van der Waals surface area contributed by atoms with Crippen LogP contribution in [-0.2, 0) is 10.0 Å². The van der Waals surface area contributed by atoms with Gasteiger partial charge in [-0.25, -0.2) is 8.42 Å². The zero-order chi connectivity index (χ0) is 14.6. The predicted octanol–water partition coefficient (Wildman–Crippen LogP) is 2.94. The van der Waals surface area contributed by atoms with Gasteiger partial charge < -0.3 is 5.32 Å². The summed E-state index contributed by atoms with van der Waals surface area (Å²) in [6.07, 6.45) is 0. The molecule has 2 aromatic carbocycles. The molecule has 0 fully saturated rings. The Balaban J connectivity index is 2.53. The van der Waals surface area contributed by atoms with Crippen molar-refractivity contribution in [1.82, 2.24) is 0 Å². The highest BCUT2D eigenvalue weighted by molar-refractivity contribution is 7.93. The lowest BCUT2D eigenvalue weighted by Crippen LogP contribution is -2.31. The molecule has 0 aliphatic heterocycles. The standard InChI is InChI=1S/C15H18N2O2S/c1-3-17(13-9-5-4-6-10-13)20(18,19)15-12-8-7-11-14(15)16-2/h4-12,16H,3H2,1-2H3. The SMILES string of the molecule is CCN(c1ccccc1)S(=O)(=O)c1ccccc1NC. The van der Waals surface area contributed by atoms with Crippen LogP contribution < -0.4 is 9.62 Å². The van der Waals surface area contributed by atoms with Gasteiger partial charge in [0.2, 0.25) is 0 Å². The van der Waals surface area contributed by atoms with Crippen LogP contribution in [0.4, 0.5) is 11.4 Å². The Bertz CT molecular complexity index is 669. The third kappa shape index (κ3) is 2.63. The molecule has 0 radical (unpaired) electrons. The summed E-state index contributed by atoms with van der Waals surface area (Å²) in [7, 11) is -1.86. The summed E-state index contributed by atoms with van der Waals surface area (Å²) >= 11 is 0. The highest BCUT2D eigenvalue weighted by Crippen LogP contribution is 2.27. The minimum Gasteiger partial charge on any atom is -0.387 e. The Morgan fingerprint density at radius 3 is 2.20 bits per heavy atom. The van der Waals surface area contributed by atoms with Crippen molar-refractivity contribution >= 4 is 21.4 Å². The van der Waals surface area contributed by atoms with E-state index >= 15 is 0 Å². The van der Waals surface area contributed by atoms with Gasteiger partial charge in [-0.2, -0.15) is 0 Å². The Hall–Kier alpha value is -2.01. The van der Waals surface area contributed by atoms with Gasteiger partial charge in [-0.3, -0.25) is 4.31 Å². The van der Waals surface area contributed by atoms with E-state index in [1.54, 1.807) is 37.4 Å². The summed E-state index contributed by atoms with van der Waals surface area (Å²) in [6, 6.07) is 16.0. The highest BCUT2D eigenvalue weighted by atomic mass is 32.2. The number of sulfonamides is 1. The van der Waals surface area contributed by atoms with Crippen molar-refractivity contribution in [2.75, 3.05) is 23.2 Å². The normalized spacial score (nSPS) is 11.1. The van der Waals surface area contributed by atoms with E-state index in [2.05, 4.69) is 5.32 Å². The number of nitrogens with one attached hydrogen (secondary N) is 1. The largest absolute Gasteiger partial charge is 0.387 e. The second-order valence-corrected chi connectivity index (χ2v) is 6.08. The molecule has 0 bridgehead atoms. The first-order valence-corrected chi connectivity index (χ1v) is 7.90. The smallest absolute Gasteiger partial charge is 0.266 e. The number of hydrogen-bond donors (Lipinski definition) is 1.